The molecule has 1 aromatic heterocycles. The predicted molar refractivity (Wildman–Crippen MR) is 73.5 cm³/mol. The fourth-order valence-electron chi connectivity index (χ4n) is 2.50. The molecule has 0 radical (unpaired) electrons. The van der Waals surface area contributed by atoms with Crippen molar-refractivity contribution in [3.8, 4) is 0 Å². The summed E-state index contributed by atoms with van der Waals surface area (Å²) in [5.74, 6) is 0. The molecule has 0 aliphatic heterocycles. The van der Waals surface area contributed by atoms with Crippen molar-refractivity contribution in [2.75, 3.05) is 17.2 Å². The van der Waals surface area contributed by atoms with E-state index in [-0.39, 0.29) is 5.54 Å². The van der Waals surface area contributed by atoms with E-state index in [9.17, 15) is 0 Å². The summed E-state index contributed by atoms with van der Waals surface area (Å²) < 4.78 is 0. The zero-order chi connectivity index (χ0) is 12.1. The van der Waals surface area contributed by atoms with Crippen LogP contribution >= 0.6 is 0 Å². The third kappa shape index (κ3) is 3.35. The van der Waals surface area contributed by atoms with Gasteiger partial charge in [-0.15, -0.1) is 0 Å². The lowest BCUT2D eigenvalue weighted by Crippen LogP contribution is -2.30. The van der Waals surface area contributed by atoms with Crippen molar-refractivity contribution in [2.24, 2.45) is 0 Å². The monoisotopic (exact) mass is 233 g/mol. The second-order valence-corrected chi connectivity index (χ2v) is 5.28. The Bertz CT molecular complexity index is 356. The summed E-state index contributed by atoms with van der Waals surface area (Å²) in [7, 11) is 0. The van der Waals surface area contributed by atoms with E-state index in [0.717, 1.165) is 24.3 Å². The van der Waals surface area contributed by atoms with Gasteiger partial charge in [0, 0.05) is 12.1 Å². The van der Waals surface area contributed by atoms with Gasteiger partial charge in [0.2, 0.25) is 0 Å². The standard InChI is InChI=1S/C14H23N3/c1-3-8-16-12-9-13(11-15-10-12)17-14(2)6-4-5-7-14/h9-11,16-17H,3-8H2,1-2H3. The van der Waals surface area contributed by atoms with E-state index in [4.69, 9.17) is 0 Å². The highest BCUT2D eigenvalue weighted by Crippen LogP contribution is 2.32. The normalized spacial score (nSPS) is 18.0. The van der Waals surface area contributed by atoms with Crippen molar-refractivity contribution < 1.29 is 0 Å². The van der Waals surface area contributed by atoms with E-state index in [1.165, 1.54) is 25.7 Å². The van der Waals surface area contributed by atoms with Crippen molar-refractivity contribution in [3.63, 3.8) is 0 Å². The lowest BCUT2D eigenvalue weighted by atomic mass is 10.0. The maximum absolute atomic E-state index is 4.29. The largest absolute Gasteiger partial charge is 0.384 e. The van der Waals surface area contributed by atoms with Gasteiger partial charge in [0.05, 0.1) is 23.8 Å². The Morgan fingerprint density at radius 2 is 1.94 bits per heavy atom. The molecule has 1 aliphatic rings. The number of hydrogen-bond donors (Lipinski definition) is 2. The average molecular weight is 233 g/mol. The quantitative estimate of drug-likeness (QED) is 0.815. The molecule has 17 heavy (non-hydrogen) atoms. The summed E-state index contributed by atoms with van der Waals surface area (Å²) in [4.78, 5) is 4.29. The van der Waals surface area contributed by atoms with Crippen LogP contribution in [-0.4, -0.2) is 17.1 Å². The molecule has 0 saturated heterocycles. The van der Waals surface area contributed by atoms with Gasteiger partial charge < -0.3 is 10.6 Å². The lowest BCUT2D eigenvalue weighted by molar-refractivity contribution is 0.533. The molecule has 1 aromatic rings. The molecule has 0 spiro atoms. The third-order valence-corrected chi connectivity index (χ3v) is 3.47. The van der Waals surface area contributed by atoms with Crippen molar-refractivity contribution in [1.82, 2.24) is 4.98 Å². The molecule has 0 atom stereocenters. The molecule has 1 aliphatic carbocycles. The van der Waals surface area contributed by atoms with E-state index >= 15 is 0 Å². The predicted octanol–water partition coefficient (Wildman–Crippen LogP) is 3.65. The fourth-order valence-corrected chi connectivity index (χ4v) is 2.50. The first-order valence-corrected chi connectivity index (χ1v) is 6.69. The Morgan fingerprint density at radius 3 is 2.65 bits per heavy atom. The molecular weight excluding hydrogens is 210 g/mol. The summed E-state index contributed by atoms with van der Waals surface area (Å²) >= 11 is 0. The molecule has 1 fully saturated rings. The van der Waals surface area contributed by atoms with Gasteiger partial charge in [0.1, 0.15) is 0 Å². The van der Waals surface area contributed by atoms with Crippen LogP contribution in [0.5, 0.6) is 0 Å². The number of hydrogen-bond acceptors (Lipinski definition) is 3. The molecule has 2 rings (SSSR count). The van der Waals surface area contributed by atoms with Gasteiger partial charge in [-0.3, -0.25) is 4.98 Å². The highest BCUT2D eigenvalue weighted by atomic mass is 15.0. The topological polar surface area (TPSA) is 37.0 Å². The zero-order valence-electron chi connectivity index (χ0n) is 10.9. The van der Waals surface area contributed by atoms with Crippen molar-refractivity contribution in [3.05, 3.63) is 18.5 Å². The minimum Gasteiger partial charge on any atom is -0.384 e. The van der Waals surface area contributed by atoms with Crippen LogP contribution in [0.25, 0.3) is 0 Å². The number of aromatic nitrogens is 1. The second-order valence-electron chi connectivity index (χ2n) is 5.28. The lowest BCUT2D eigenvalue weighted by Gasteiger charge is -2.26. The Kier molecular flexibility index (Phi) is 3.87. The van der Waals surface area contributed by atoms with Gasteiger partial charge >= 0.3 is 0 Å². The molecule has 1 saturated carbocycles. The van der Waals surface area contributed by atoms with E-state index in [2.05, 4.69) is 35.5 Å². The van der Waals surface area contributed by atoms with Crippen LogP contribution < -0.4 is 10.6 Å². The van der Waals surface area contributed by atoms with Crippen molar-refractivity contribution in [1.29, 1.82) is 0 Å². The highest BCUT2D eigenvalue weighted by Gasteiger charge is 2.28. The number of rotatable bonds is 5. The molecule has 2 N–H and O–H groups in total. The molecule has 0 bridgehead atoms. The minimum absolute atomic E-state index is 0.269. The van der Waals surface area contributed by atoms with Gasteiger partial charge in [-0.1, -0.05) is 19.8 Å². The molecule has 0 unspecified atom stereocenters. The van der Waals surface area contributed by atoms with Gasteiger partial charge in [0.15, 0.2) is 0 Å². The van der Waals surface area contributed by atoms with E-state index in [0.29, 0.717) is 0 Å². The molecular formula is C14H23N3. The molecule has 0 aromatic carbocycles. The van der Waals surface area contributed by atoms with Crippen LogP contribution in [0.2, 0.25) is 0 Å². The van der Waals surface area contributed by atoms with E-state index < -0.39 is 0 Å². The van der Waals surface area contributed by atoms with E-state index in [1.54, 1.807) is 0 Å². The van der Waals surface area contributed by atoms with E-state index in [1.807, 2.05) is 12.4 Å². The van der Waals surface area contributed by atoms with Gasteiger partial charge in [-0.05, 0) is 32.3 Å². The van der Waals surface area contributed by atoms with Gasteiger partial charge in [0.25, 0.3) is 0 Å². The molecule has 0 amide bonds. The minimum atomic E-state index is 0.269. The number of anilines is 2. The molecule has 3 nitrogen and oxygen atoms in total. The Balaban J connectivity index is 2.00. The van der Waals surface area contributed by atoms with Crippen LogP contribution in [0.3, 0.4) is 0 Å². The van der Waals surface area contributed by atoms with Crippen molar-refractivity contribution in [2.45, 2.75) is 51.5 Å². The average Bonchev–Trinajstić information content (AvgIpc) is 2.73. The summed E-state index contributed by atoms with van der Waals surface area (Å²) in [6.07, 6.45) is 10.1. The smallest absolute Gasteiger partial charge is 0.0551 e. The highest BCUT2D eigenvalue weighted by molar-refractivity contribution is 5.55. The molecule has 94 valence electrons. The number of pyridine rings is 1. The van der Waals surface area contributed by atoms with Crippen LogP contribution in [0.15, 0.2) is 18.5 Å². The Labute approximate surface area is 104 Å². The number of nitrogens with zero attached hydrogens (tertiary/aromatic N) is 1. The maximum atomic E-state index is 4.29. The summed E-state index contributed by atoms with van der Waals surface area (Å²) in [5.41, 5.74) is 2.51. The van der Waals surface area contributed by atoms with Crippen LogP contribution in [0.4, 0.5) is 11.4 Å². The first-order chi connectivity index (χ1) is 8.22. The van der Waals surface area contributed by atoms with Crippen molar-refractivity contribution >= 4 is 11.4 Å². The van der Waals surface area contributed by atoms with Gasteiger partial charge in [-0.25, -0.2) is 0 Å². The van der Waals surface area contributed by atoms with Crippen LogP contribution in [0, 0.1) is 0 Å². The third-order valence-electron chi connectivity index (χ3n) is 3.47. The summed E-state index contributed by atoms with van der Waals surface area (Å²) in [6.45, 7) is 5.48. The second kappa shape index (κ2) is 5.39. The fraction of sp³-hybridized carbons (Fsp3) is 0.643. The molecule has 1 heterocycles. The summed E-state index contributed by atoms with van der Waals surface area (Å²) in [5, 5.41) is 7.00. The first kappa shape index (κ1) is 12.2. The summed E-state index contributed by atoms with van der Waals surface area (Å²) in [6, 6.07) is 2.16. The van der Waals surface area contributed by atoms with Gasteiger partial charge in [-0.2, -0.15) is 0 Å². The Morgan fingerprint density at radius 1 is 1.24 bits per heavy atom. The first-order valence-electron chi connectivity index (χ1n) is 6.69. The maximum Gasteiger partial charge on any atom is 0.0551 e. The van der Waals surface area contributed by atoms with Crippen LogP contribution in [-0.2, 0) is 0 Å². The number of nitrogens with one attached hydrogen (secondary N) is 2. The SMILES string of the molecule is CCCNc1cncc(NC2(C)CCCC2)c1. The van der Waals surface area contributed by atoms with Crippen LogP contribution in [0.1, 0.15) is 46.0 Å². The molecule has 3 heteroatoms. The Hall–Kier alpha value is -1.25. The zero-order valence-corrected chi connectivity index (χ0v) is 10.9.